The maximum Gasteiger partial charge on any atom is 0.229 e. The summed E-state index contributed by atoms with van der Waals surface area (Å²) in [4.78, 5) is 20.4. The van der Waals surface area contributed by atoms with Gasteiger partial charge in [0.2, 0.25) is 5.95 Å². The Morgan fingerprint density at radius 2 is 1.92 bits per heavy atom. The van der Waals surface area contributed by atoms with Crippen LogP contribution in [-0.2, 0) is 0 Å². The average molecular weight is 320 g/mol. The normalized spacial score (nSPS) is 17.9. The van der Waals surface area contributed by atoms with Gasteiger partial charge in [0.1, 0.15) is 0 Å². The molecule has 0 bridgehead atoms. The smallest absolute Gasteiger partial charge is 0.229 e. The molecule has 122 valence electrons. The lowest BCUT2D eigenvalue weighted by molar-refractivity contribution is 0.442. The molecule has 1 fully saturated rings. The lowest BCUT2D eigenvalue weighted by Crippen LogP contribution is -2.35. The van der Waals surface area contributed by atoms with Crippen molar-refractivity contribution in [3.8, 4) is 0 Å². The lowest BCUT2D eigenvalue weighted by atomic mass is 10.0. The van der Waals surface area contributed by atoms with E-state index in [1.54, 1.807) is 12.4 Å². The molecule has 0 radical (unpaired) electrons. The Kier molecular flexibility index (Phi) is 3.94. The fourth-order valence-electron chi connectivity index (χ4n) is 3.11. The molecule has 6 heteroatoms. The van der Waals surface area contributed by atoms with E-state index in [1.165, 1.54) is 12.8 Å². The van der Waals surface area contributed by atoms with Gasteiger partial charge in [0.15, 0.2) is 17.0 Å². The van der Waals surface area contributed by atoms with E-state index in [2.05, 4.69) is 32.1 Å². The first-order chi connectivity index (χ1) is 11.8. The van der Waals surface area contributed by atoms with Gasteiger partial charge in [-0.15, -0.1) is 0 Å². The predicted octanol–water partition coefficient (Wildman–Crippen LogP) is 3.40. The molecule has 1 atom stereocenters. The monoisotopic (exact) mass is 320 g/mol. The van der Waals surface area contributed by atoms with Crippen molar-refractivity contribution in [2.24, 2.45) is 5.92 Å². The first kappa shape index (κ1) is 14.8. The number of rotatable bonds is 3. The Labute approximate surface area is 141 Å². The highest BCUT2D eigenvalue weighted by Crippen LogP contribution is 2.26. The Hall–Kier alpha value is -2.76. The first-order valence-corrected chi connectivity index (χ1v) is 8.35. The molecule has 6 nitrogen and oxygen atoms in total. The lowest BCUT2D eigenvalue weighted by Gasteiger charge is -2.31. The third kappa shape index (κ3) is 2.99. The third-order valence-corrected chi connectivity index (χ3v) is 4.30. The van der Waals surface area contributed by atoms with Crippen LogP contribution in [-0.4, -0.2) is 33.0 Å². The molecule has 3 heterocycles. The molecule has 0 aliphatic carbocycles. The number of para-hydroxylation sites is 1. The van der Waals surface area contributed by atoms with Crippen molar-refractivity contribution in [1.82, 2.24) is 19.9 Å². The molecule has 2 aromatic heterocycles. The van der Waals surface area contributed by atoms with Crippen molar-refractivity contribution in [1.29, 1.82) is 0 Å². The maximum atomic E-state index is 4.76. The van der Waals surface area contributed by atoms with E-state index in [0.29, 0.717) is 22.9 Å². The van der Waals surface area contributed by atoms with E-state index in [1.807, 2.05) is 30.3 Å². The number of hydrogen-bond acceptors (Lipinski definition) is 6. The SMILES string of the molecule is CC1CCCN(c2nc(Nc3ccccc3)c3nccnc3n2)C1. The van der Waals surface area contributed by atoms with Gasteiger partial charge in [-0.1, -0.05) is 25.1 Å². The van der Waals surface area contributed by atoms with E-state index < -0.39 is 0 Å². The topological polar surface area (TPSA) is 66.8 Å². The Morgan fingerprint density at radius 3 is 2.75 bits per heavy atom. The van der Waals surface area contributed by atoms with Crippen LogP contribution in [0.15, 0.2) is 42.7 Å². The summed E-state index contributed by atoms with van der Waals surface area (Å²) in [7, 11) is 0. The molecule has 1 unspecified atom stereocenters. The van der Waals surface area contributed by atoms with Crippen molar-refractivity contribution in [2.45, 2.75) is 19.8 Å². The van der Waals surface area contributed by atoms with Crippen molar-refractivity contribution in [3.05, 3.63) is 42.7 Å². The summed E-state index contributed by atoms with van der Waals surface area (Å²) in [6.07, 6.45) is 5.78. The molecule has 1 aliphatic heterocycles. The molecule has 1 aromatic carbocycles. The number of aromatic nitrogens is 4. The van der Waals surface area contributed by atoms with Gasteiger partial charge in [-0.3, -0.25) is 0 Å². The molecule has 3 aromatic rings. The van der Waals surface area contributed by atoms with Crippen molar-refractivity contribution in [2.75, 3.05) is 23.3 Å². The molecule has 0 amide bonds. The molecule has 0 spiro atoms. The minimum Gasteiger partial charge on any atom is -0.340 e. The van der Waals surface area contributed by atoms with Crippen molar-refractivity contribution >= 4 is 28.6 Å². The second-order valence-corrected chi connectivity index (χ2v) is 6.29. The minimum absolute atomic E-state index is 0.624. The first-order valence-electron chi connectivity index (χ1n) is 8.35. The summed E-state index contributed by atoms with van der Waals surface area (Å²) in [5.41, 5.74) is 2.29. The zero-order chi connectivity index (χ0) is 16.4. The van der Waals surface area contributed by atoms with Crippen LogP contribution in [0.5, 0.6) is 0 Å². The summed E-state index contributed by atoms with van der Waals surface area (Å²) in [5.74, 6) is 2.09. The van der Waals surface area contributed by atoms with Crippen LogP contribution in [0.2, 0.25) is 0 Å². The molecule has 1 N–H and O–H groups in total. The molecule has 0 saturated carbocycles. The second-order valence-electron chi connectivity index (χ2n) is 6.29. The average Bonchev–Trinajstić information content (AvgIpc) is 2.62. The number of fused-ring (bicyclic) bond motifs is 1. The fourth-order valence-corrected chi connectivity index (χ4v) is 3.11. The zero-order valence-corrected chi connectivity index (χ0v) is 13.7. The fraction of sp³-hybridized carbons (Fsp3) is 0.333. The summed E-state index contributed by atoms with van der Waals surface area (Å²) >= 11 is 0. The van der Waals surface area contributed by atoms with E-state index in [-0.39, 0.29) is 0 Å². The number of piperidine rings is 1. The molecular weight excluding hydrogens is 300 g/mol. The zero-order valence-electron chi connectivity index (χ0n) is 13.7. The van der Waals surface area contributed by atoms with Crippen LogP contribution in [0.3, 0.4) is 0 Å². The Morgan fingerprint density at radius 1 is 1.08 bits per heavy atom. The summed E-state index contributed by atoms with van der Waals surface area (Å²) < 4.78 is 0. The van der Waals surface area contributed by atoms with Gasteiger partial charge in [-0.25, -0.2) is 9.97 Å². The van der Waals surface area contributed by atoms with Gasteiger partial charge in [0.25, 0.3) is 0 Å². The number of anilines is 3. The van der Waals surface area contributed by atoms with Crippen LogP contribution in [0.25, 0.3) is 11.2 Å². The number of nitrogens with one attached hydrogen (secondary N) is 1. The van der Waals surface area contributed by atoms with Crippen LogP contribution in [0, 0.1) is 5.92 Å². The largest absolute Gasteiger partial charge is 0.340 e. The third-order valence-electron chi connectivity index (χ3n) is 4.30. The number of nitrogens with zero attached hydrogens (tertiary/aromatic N) is 5. The van der Waals surface area contributed by atoms with Gasteiger partial charge >= 0.3 is 0 Å². The highest BCUT2D eigenvalue weighted by Gasteiger charge is 2.20. The van der Waals surface area contributed by atoms with Crippen molar-refractivity contribution in [3.63, 3.8) is 0 Å². The number of benzene rings is 1. The molecule has 24 heavy (non-hydrogen) atoms. The minimum atomic E-state index is 0.624. The summed E-state index contributed by atoms with van der Waals surface area (Å²) in [6, 6.07) is 9.98. The van der Waals surface area contributed by atoms with Crippen molar-refractivity contribution < 1.29 is 0 Å². The van der Waals surface area contributed by atoms with Gasteiger partial charge in [0.05, 0.1) is 0 Å². The van der Waals surface area contributed by atoms with Crippen LogP contribution >= 0.6 is 0 Å². The number of hydrogen-bond donors (Lipinski definition) is 1. The van der Waals surface area contributed by atoms with E-state index in [9.17, 15) is 0 Å². The maximum absolute atomic E-state index is 4.76. The molecule has 1 aliphatic rings. The molecule has 4 rings (SSSR count). The highest BCUT2D eigenvalue weighted by atomic mass is 15.3. The molecule has 1 saturated heterocycles. The van der Waals surface area contributed by atoms with Crippen LogP contribution < -0.4 is 10.2 Å². The standard InChI is InChI=1S/C18H20N6/c1-13-6-5-11-24(12-13)18-22-16-15(19-9-10-20-16)17(23-18)21-14-7-3-2-4-8-14/h2-4,7-10,13H,5-6,11-12H2,1H3,(H,20,21,22,23). The Bertz CT molecular complexity index is 835. The summed E-state index contributed by atoms with van der Waals surface area (Å²) in [5, 5.41) is 3.36. The van der Waals surface area contributed by atoms with E-state index in [4.69, 9.17) is 4.98 Å². The van der Waals surface area contributed by atoms with Gasteiger partial charge in [0, 0.05) is 31.2 Å². The molecular formula is C18H20N6. The van der Waals surface area contributed by atoms with E-state index >= 15 is 0 Å². The second kappa shape index (κ2) is 6.39. The Balaban J connectivity index is 1.76. The van der Waals surface area contributed by atoms with Crippen LogP contribution in [0.1, 0.15) is 19.8 Å². The van der Waals surface area contributed by atoms with Crippen LogP contribution in [0.4, 0.5) is 17.5 Å². The van der Waals surface area contributed by atoms with E-state index in [0.717, 1.165) is 24.7 Å². The van der Waals surface area contributed by atoms with Gasteiger partial charge in [-0.05, 0) is 30.9 Å². The summed E-state index contributed by atoms with van der Waals surface area (Å²) in [6.45, 7) is 4.24. The quantitative estimate of drug-likeness (QED) is 0.798. The van der Waals surface area contributed by atoms with Gasteiger partial charge < -0.3 is 10.2 Å². The van der Waals surface area contributed by atoms with Gasteiger partial charge in [-0.2, -0.15) is 9.97 Å². The highest BCUT2D eigenvalue weighted by molar-refractivity contribution is 5.85. The predicted molar refractivity (Wildman–Crippen MR) is 95.5 cm³/mol.